The molecule has 0 aromatic carbocycles. The lowest BCUT2D eigenvalue weighted by molar-refractivity contribution is -0.122. The Labute approximate surface area is 79.5 Å². The lowest BCUT2D eigenvalue weighted by Gasteiger charge is -2.05. The molecule has 0 aromatic heterocycles. The van der Waals surface area contributed by atoms with E-state index in [1.54, 1.807) is 0 Å². The molecule has 0 bridgehead atoms. The number of aliphatic hydroxyl groups excluding tert-OH is 1. The van der Waals surface area contributed by atoms with Crippen LogP contribution in [0.1, 0.15) is 39.0 Å². The second kappa shape index (κ2) is 5.22. The molecule has 76 valence electrons. The van der Waals surface area contributed by atoms with Crippen LogP contribution in [0.3, 0.4) is 0 Å². The molecule has 0 aromatic rings. The van der Waals surface area contributed by atoms with Crippen LogP contribution < -0.4 is 5.32 Å². The predicted octanol–water partition coefficient (Wildman–Crippen LogP) is 1.06. The molecule has 0 spiro atoms. The van der Waals surface area contributed by atoms with E-state index in [0.29, 0.717) is 6.04 Å². The molecular weight excluding hydrogens is 166 g/mol. The van der Waals surface area contributed by atoms with Gasteiger partial charge in [-0.2, -0.15) is 0 Å². The zero-order valence-corrected chi connectivity index (χ0v) is 8.25. The predicted molar refractivity (Wildman–Crippen MR) is 51.3 cm³/mol. The summed E-state index contributed by atoms with van der Waals surface area (Å²) in [5, 5.41) is 11.6. The number of carbonyl (C=O) groups is 1. The van der Waals surface area contributed by atoms with Gasteiger partial charge < -0.3 is 10.4 Å². The largest absolute Gasteiger partial charge is 0.396 e. The van der Waals surface area contributed by atoms with Gasteiger partial charge in [-0.3, -0.25) is 4.79 Å². The van der Waals surface area contributed by atoms with E-state index in [-0.39, 0.29) is 18.4 Å². The summed E-state index contributed by atoms with van der Waals surface area (Å²) in [5.74, 6) is 0.418. The zero-order valence-electron chi connectivity index (χ0n) is 8.25. The Hall–Kier alpha value is -0.570. The van der Waals surface area contributed by atoms with Crippen molar-refractivity contribution in [3.63, 3.8) is 0 Å². The van der Waals surface area contributed by atoms with Gasteiger partial charge in [0.15, 0.2) is 0 Å². The van der Waals surface area contributed by atoms with E-state index in [1.165, 1.54) is 0 Å². The molecule has 0 saturated carbocycles. The van der Waals surface area contributed by atoms with Crippen molar-refractivity contribution in [1.82, 2.24) is 5.32 Å². The zero-order chi connectivity index (χ0) is 9.68. The quantitative estimate of drug-likeness (QED) is 0.629. The van der Waals surface area contributed by atoms with Gasteiger partial charge in [-0.1, -0.05) is 13.3 Å². The van der Waals surface area contributed by atoms with Gasteiger partial charge in [0.1, 0.15) is 0 Å². The van der Waals surface area contributed by atoms with Crippen molar-refractivity contribution in [2.75, 3.05) is 6.61 Å². The van der Waals surface area contributed by atoms with Crippen LogP contribution in [0.4, 0.5) is 0 Å². The van der Waals surface area contributed by atoms with Gasteiger partial charge in [-0.05, 0) is 25.7 Å². The highest BCUT2D eigenvalue weighted by molar-refractivity contribution is 5.81. The molecule has 2 N–H and O–H groups in total. The molecule has 3 heteroatoms. The summed E-state index contributed by atoms with van der Waals surface area (Å²) in [6, 6.07) is 0.395. The second-order valence-electron chi connectivity index (χ2n) is 3.77. The number of hydrogen-bond donors (Lipinski definition) is 2. The van der Waals surface area contributed by atoms with Crippen LogP contribution in [0, 0.1) is 5.92 Å². The Morgan fingerprint density at radius 3 is 2.85 bits per heavy atom. The smallest absolute Gasteiger partial charge is 0.223 e. The number of aliphatic hydroxyl groups is 1. The van der Waals surface area contributed by atoms with E-state index in [4.69, 9.17) is 5.11 Å². The maximum Gasteiger partial charge on any atom is 0.223 e. The maximum absolute atomic E-state index is 11.4. The Kier molecular flexibility index (Phi) is 4.22. The molecule has 1 aliphatic heterocycles. The summed E-state index contributed by atoms with van der Waals surface area (Å²) in [5.41, 5.74) is 0. The molecule has 13 heavy (non-hydrogen) atoms. The molecule has 1 heterocycles. The first-order valence-electron chi connectivity index (χ1n) is 5.19. The van der Waals surface area contributed by atoms with E-state index in [9.17, 15) is 4.79 Å². The van der Waals surface area contributed by atoms with Gasteiger partial charge >= 0.3 is 0 Å². The average Bonchev–Trinajstić information content (AvgIpc) is 2.48. The minimum Gasteiger partial charge on any atom is -0.396 e. The fraction of sp³-hybridized carbons (Fsp3) is 0.900. The molecule has 2 unspecified atom stereocenters. The minimum atomic E-state index is 0.205. The Balaban J connectivity index is 2.23. The minimum absolute atomic E-state index is 0.205. The molecule has 0 radical (unpaired) electrons. The van der Waals surface area contributed by atoms with Crippen LogP contribution in [-0.2, 0) is 4.79 Å². The standard InChI is InChI=1S/C10H19NO2/c1-2-9-7-8(10(13)11-9)5-3-4-6-12/h8-9,12H,2-7H2,1H3,(H,11,13). The third-order valence-corrected chi connectivity index (χ3v) is 2.74. The van der Waals surface area contributed by atoms with Crippen LogP contribution in [0.15, 0.2) is 0 Å². The summed E-state index contributed by atoms with van der Waals surface area (Å²) in [6.45, 7) is 2.34. The van der Waals surface area contributed by atoms with E-state index < -0.39 is 0 Å². The maximum atomic E-state index is 11.4. The van der Waals surface area contributed by atoms with Gasteiger partial charge in [-0.15, -0.1) is 0 Å². The topological polar surface area (TPSA) is 49.3 Å². The number of hydrogen-bond acceptors (Lipinski definition) is 2. The van der Waals surface area contributed by atoms with Crippen molar-refractivity contribution in [3.05, 3.63) is 0 Å². The van der Waals surface area contributed by atoms with Gasteiger partial charge in [0.2, 0.25) is 5.91 Å². The lowest BCUT2D eigenvalue weighted by atomic mass is 9.98. The summed E-state index contributed by atoms with van der Waals surface area (Å²) >= 11 is 0. The Bertz CT molecular complexity index is 170. The molecule has 2 atom stereocenters. The van der Waals surface area contributed by atoms with Crippen molar-refractivity contribution in [1.29, 1.82) is 0 Å². The van der Waals surface area contributed by atoms with Crippen molar-refractivity contribution < 1.29 is 9.90 Å². The summed E-state index contributed by atoms with van der Waals surface area (Å²) in [4.78, 5) is 11.4. The fourth-order valence-electron chi connectivity index (χ4n) is 1.85. The van der Waals surface area contributed by atoms with Crippen molar-refractivity contribution >= 4 is 5.91 Å². The van der Waals surface area contributed by atoms with Gasteiger partial charge in [0.05, 0.1) is 0 Å². The number of amides is 1. The highest BCUT2D eigenvalue weighted by Crippen LogP contribution is 2.22. The fourth-order valence-corrected chi connectivity index (χ4v) is 1.85. The Morgan fingerprint density at radius 1 is 1.54 bits per heavy atom. The third kappa shape index (κ3) is 2.99. The van der Waals surface area contributed by atoms with Crippen LogP contribution in [0.2, 0.25) is 0 Å². The van der Waals surface area contributed by atoms with E-state index >= 15 is 0 Å². The van der Waals surface area contributed by atoms with Crippen LogP contribution in [-0.4, -0.2) is 23.7 Å². The molecule has 1 saturated heterocycles. The van der Waals surface area contributed by atoms with Gasteiger partial charge in [-0.25, -0.2) is 0 Å². The summed E-state index contributed by atoms with van der Waals surface area (Å²) < 4.78 is 0. The molecular formula is C10H19NO2. The van der Waals surface area contributed by atoms with E-state index in [1.807, 2.05) is 0 Å². The second-order valence-corrected chi connectivity index (χ2v) is 3.77. The summed E-state index contributed by atoms with van der Waals surface area (Å²) in [6.07, 6.45) is 4.73. The van der Waals surface area contributed by atoms with Crippen molar-refractivity contribution in [3.8, 4) is 0 Å². The normalized spacial score (nSPS) is 27.7. The van der Waals surface area contributed by atoms with Gasteiger partial charge in [0, 0.05) is 18.6 Å². The highest BCUT2D eigenvalue weighted by atomic mass is 16.2. The number of rotatable bonds is 5. The molecule has 1 aliphatic rings. The van der Waals surface area contributed by atoms with Crippen molar-refractivity contribution in [2.45, 2.75) is 45.1 Å². The van der Waals surface area contributed by atoms with E-state index in [0.717, 1.165) is 32.1 Å². The molecule has 1 amide bonds. The van der Waals surface area contributed by atoms with Crippen LogP contribution in [0.5, 0.6) is 0 Å². The number of carbonyl (C=O) groups excluding carboxylic acids is 1. The number of nitrogens with one attached hydrogen (secondary N) is 1. The lowest BCUT2D eigenvalue weighted by Crippen LogP contribution is -2.25. The first-order chi connectivity index (χ1) is 6.27. The monoisotopic (exact) mass is 185 g/mol. The first kappa shape index (κ1) is 10.5. The van der Waals surface area contributed by atoms with E-state index in [2.05, 4.69) is 12.2 Å². The highest BCUT2D eigenvalue weighted by Gasteiger charge is 2.29. The average molecular weight is 185 g/mol. The van der Waals surface area contributed by atoms with Gasteiger partial charge in [0.25, 0.3) is 0 Å². The molecule has 0 aliphatic carbocycles. The summed E-state index contributed by atoms with van der Waals surface area (Å²) in [7, 11) is 0. The Morgan fingerprint density at radius 2 is 2.31 bits per heavy atom. The molecule has 3 nitrogen and oxygen atoms in total. The number of unbranched alkanes of at least 4 members (excludes halogenated alkanes) is 1. The van der Waals surface area contributed by atoms with Crippen LogP contribution in [0.25, 0.3) is 0 Å². The third-order valence-electron chi connectivity index (χ3n) is 2.74. The SMILES string of the molecule is CCC1CC(CCCCO)C(=O)N1. The molecule has 1 fully saturated rings. The van der Waals surface area contributed by atoms with Crippen molar-refractivity contribution in [2.24, 2.45) is 5.92 Å². The first-order valence-corrected chi connectivity index (χ1v) is 5.19. The molecule has 1 rings (SSSR count). The van der Waals surface area contributed by atoms with Crippen LogP contribution >= 0.6 is 0 Å².